The largest absolute Gasteiger partial charge is 0.416 e. The van der Waals surface area contributed by atoms with Gasteiger partial charge in [-0.25, -0.2) is 13.4 Å². The first-order valence-electron chi connectivity index (χ1n) is 9.55. The average molecular weight is 439 g/mol. The van der Waals surface area contributed by atoms with Crippen molar-refractivity contribution < 1.29 is 26.4 Å². The quantitative estimate of drug-likeness (QED) is 0.720. The average Bonchev–Trinajstić information content (AvgIpc) is 2.73. The maximum absolute atomic E-state index is 13.1. The molecule has 6 nitrogen and oxygen atoms in total. The molecule has 30 heavy (non-hydrogen) atoms. The maximum atomic E-state index is 13.1. The van der Waals surface area contributed by atoms with Gasteiger partial charge in [0.2, 0.25) is 5.91 Å². The highest BCUT2D eigenvalue weighted by Crippen LogP contribution is 2.35. The second-order valence-corrected chi connectivity index (χ2v) is 9.49. The zero-order valence-corrected chi connectivity index (χ0v) is 16.8. The van der Waals surface area contributed by atoms with Crippen molar-refractivity contribution in [1.29, 1.82) is 0 Å². The number of anilines is 1. The van der Waals surface area contributed by atoms with Crippen molar-refractivity contribution in [3.8, 4) is 0 Å². The summed E-state index contributed by atoms with van der Waals surface area (Å²) >= 11 is 0. The number of piperazine rings is 1. The zero-order chi connectivity index (χ0) is 21.5. The van der Waals surface area contributed by atoms with Crippen LogP contribution in [-0.4, -0.2) is 56.1 Å². The molecule has 4 rings (SSSR count). The highest BCUT2D eigenvalue weighted by Gasteiger charge is 2.37. The van der Waals surface area contributed by atoms with Crippen LogP contribution in [0.2, 0.25) is 0 Å². The van der Waals surface area contributed by atoms with Crippen LogP contribution in [0.4, 0.5) is 19.0 Å². The molecule has 160 valence electrons. The molecule has 1 unspecified atom stereocenters. The maximum Gasteiger partial charge on any atom is 0.416 e. The molecule has 2 aliphatic heterocycles. The first-order chi connectivity index (χ1) is 14.2. The molecule has 1 amide bonds. The molecule has 0 spiro atoms. The summed E-state index contributed by atoms with van der Waals surface area (Å²) in [5.74, 6) is -0.517. The number of hydrogen-bond acceptors (Lipinski definition) is 5. The molecule has 1 aromatic heterocycles. The van der Waals surface area contributed by atoms with E-state index < -0.39 is 27.5 Å². The molecule has 0 saturated carbocycles. The number of pyridine rings is 1. The van der Waals surface area contributed by atoms with Crippen LogP contribution < -0.4 is 4.90 Å². The molecule has 0 aliphatic carbocycles. The van der Waals surface area contributed by atoms with Crippen molar-refractivity contribution in [3.63, 3.8) is 0 Å². The van der Waals surface area contributed by atoms with Gasteiger partial charge >= 0.3 is 6.18 Å². The van der Waals surface area contributed by atoms with Crippen molar-refractivity contribution in [1.82, 2.24) is 9.88 Å². The number of carbonyl (C=O) groups is 1. The van der Waals surface area contributed by atoms with Crippen molar-refractivity contribution in [3.05, 3.63) is 53.7 Å². The Bertz CT molecular complexity index is 1060. The van der Waals surface area contributed by atoms with Gasteiger partial charge in [-0.1, -0.05) is 18.2 Å². The Morgan fingerprint density at radius 3 is 2.47 bits per heavy atom. The molecule has 10 heteroatoms. The summed E-state index contributed by atoms with van der Waals surface area (Å²) in [5.41, 5.74) is -0.234. The van der Waals surface area contributed by atoms with E-state index in [1.165, 1.54) is 6.07 Å². The van der Waals surface area contributed by atoms with Gasteiger partial charge in [-0.05, 0) is 30.2 Å². The number of benzene rings is 1. The summed E-state index contributed by atoms with van der Waals surface area (Å²) in [5, 5.41) is 0. The third-order valence-corrected chi connectivity index (χ3v) is 7.41. The number of sulfone groups is 1. The molecule has 2 aromatic rings. The zero-order valence-electron chi connectivity index (χ0n) is 16.0. The van der Waals surface area contributed by atoms with Gasteiger partial charge in [0.1, 0.15) is 5.82 Å². The molecular formula is C20H20F3N3O3S. The van der Waals surface area contributed by atoms with Crippen LogP contribution >= 0.6 is 0 Å². The van der Waals surface area contributed by atoms with Gasteiger partial charge in [0, 0.05) is 32.4 Å². The number of carbonyl (C=O) groups excluding carboxylic acids is 1. The van der Waals surface area contributed by atoms with Crippen molar-refractivity contribution in [2.24, 2.45) is 0 Å². The molecular weight excluding hydrogens is 419 g/mol. The predicted molar refractivity (Wildman–Crippen MR) is 104 cm³/mol. The Hall–Kier alpha value is -2.62. The third-order valence-electron chi connectivity index (χ3n) is 5.59. The minimum atomic E-state index is -4.44. The molecule has 0 bridgehead atoms. The number of alkyl halides is 3. The number of hydrogen-bond donors (Lipinski definition) is 0. The molecule has 2 aliphatic rings. The van der Waals surface area contributed by atoms with E-state index in [0.29, 0.717) is 31.7 Å². The minimum absolute atomic E-state index is 0.0749. The molecule has 3 heterocycles. The number of nitrogens with zero attached hydrogens (tertiary/aromatic N) is 3. The van der Waals surface area contributed by atoms with Crippen LogP contribution in [0.3, 0.4) is 0 Å². The molecule has 0 N–H and O–H groups in total. The lowest BCUT2D eigenvalue weighted by atomic mass is 9.94. The van der Waals surface area contributed by atoms with Crippen LogP contribution in [-0.2, 0) is 20.8 Å². The van der Waals surface area contributed by atoms with Crippen LogP contribution in [0, 0.1) is 0 Å². The van der Waals surface area contributed by atoms with Crippen LogP contribution in [0.1, 0.15) is 23.5 Å². The number of amides is 1. The van der Waals surface area contributed by atoms with Gasteiger partial charge in [-0.2, -0.15) is 13.2 Å². The van der Waals surface area contributed by atoms with E-state index in [1.54, 1.807) is 28.0 Å². The normalized spacial score (nSPS) is 21.2. The standard InChI is InChI=1S/C20H20F3N3O3S/c21-20(22,23)14-5-7-24-18(13-14)25-8-10-26(11-9-25)19(27)16-6-12-30(28,29)17-4-2-1-3-15(16)17/h1-5,7,13,16H,6,8-12H2. The molecule has 0 radical (unpaired) electrons. The second-order valence-electron chi connectivity index (χ2n) is 7.41. The van der Waals surface area contributed by atoms with E-state index in [0.717, 1.165) is 18.3 Å². The Balaban J connectivity index is 1.47. The van der Waals surface area contributed by atoms with Crippen LogP contribution in [0.15, 0.2) is 47.5 Å². The van der Waals surface area contributed by atoms with Gasteiger partial charge in [-0.3, -0.25) is 4.79 Å². The van der Waals surface area contributed by atoms with Crippen LogP contribution in [0.25, 0.3) is 0 Å². The first kappa shape index (κ1) is 20.6. The summed E-state index contributed by atoms with van der Waals surface area (Å²) in [6, 6.07) is 8.51. The smallest absolute Gasteiger partial charge is 0.353 e. The Morgan fingerprint density at radius 2 is 1.77 bits per heavy atom. The second kappa shape index (κ2) is 7.57. The molecule has 1 atom stereocenters. The Morgan fingerprint density at radius 1 is 1.07 bits per heavy atom. The predicted octanol–water partition coefficient (Wildman–Crippen LogP) is 2.71. The van der Waals surface area contributed by atoms with Gasteiger partial charge in [0.25, 0.3) is 0 Å². The fourth-order valence-corrected chi connectivity index (χ4v) is 5.61. The van der Waals surface area contributed by atoms with E-state index in [9.17, 15) is 26.4 Å². The SMILES string of the molecule is O=C(C1CCS(=O)(=O)c2ccccc21)N1CCN(c2cc(C(F)(F)F)ccn2)CC1. The van der Waals surface area contributed by atoms with Crippen molar-refractivity contribution in [2.45, 2.75) is 23.4 Å². The van der Waals surface area contributed by atoms with Gasteiger partial charge in [0.15, 0.2) is 9.84 Å². The van der Waals surface area contributed by atoms with Crippen molar-refractivity contribution in [2.75, 3.05) is 36.8 Å². The summed E-state index contributed by atoms with van der Waals surface area (Å²) in [7, 11) is -3.38. The first-order valence-corrected chi connectivity index (χ1v) is 11.2. The van der Waals surface area contributed by atoms with Gasteiger partial charge in [-0.15, -0.1) is 0 Å². The van der Waals surface area contributed by atoms with E-state index in [1.807, 2.05) is 0 Å². The number of fused-ring (bicyclic) bond motifs is 1. The number of rotatable bonds is 2. The van der Waals surface area contributed by atoms with Crippen molar-refractivity contribution >= 4 is 21.6 Å². The molecule has 1 aromatic carbocycles. The highest BCUT2D eigenvalue weighted by molar-refractivity contribution is 7.91. The minimum Gasteiger partial charge on any atom is -0.353 e. The number of halogens is 3. The van der Waals surface area contributed by atoms with E-state index >= 15 is 0 Å². The van der Waals surface area contributed by atoms with E-state index in [4.69, 9.17) is 0 Å². The Kier molecular flexibility index (Phi) is 5.21. The summed E-state index contributed by atoms with van der Waals surface area (Å²) in [4.78, 5) is 20.7. The third kappa shape index (κ3) is 3.88. The molecule has 1 fully saturated rings. The van der Waals surface area contributed by atoms with E-state index in [2.05, 4.69) is 4.98 Å². The topological polar surface area (TPSA) is 70.6 Å². The van der Waals surface area contributed by atoms with Gasteiger partial charge in [0.05, 0.1) is 22.1 Å². The summed E-state index contributed by atoms with van der Waals surface area (Å²) in [6.07, 6.45) is -3.08. The fraction of sp³-hybridized carbons (Fsp3) is 0.400. The number of aromatic nitrogens is 1. The lowest BCUT2D eigenvalue weighted by Gasteiger charge is -2.38. The van der Waals surface area contributed by atoms with E-state index in [-0.39, 0.29) is 28.8 Å². The summed E-state index contributed by atoms with van der Waals surface area (Å²) < 4.78 is 63.4. The fourth-order valence-electron chi connectivity index (χ4n) is 3.99. The lowest BCUT2D eigenvalue weighted by molar-refractivity contribution is -0.137. The summed E-state index contributed by atoms with van der Waals surface area (Å²) in [6.45, 7) is 1.38. The monoisotopic (exact) mass is 439 g/mol. The van der Waals surface area contributed by atoms with Gasteiger partial charge < -0.3 is 9.80 Å². The van der Waals surface area contributed by atoms with Crippen LogP contribution in [0.5, 0.6) is 0 Å². The molecule has 1 saturated heterocycles. The Labute approximate surface area is 172 Å². The lowest BCUT2D eigenvalue weighted by Crippen LogP contribution is -2.50. The highest BCUT2D eigenvalue weighted by atomic mass is 32.2.